The van der Waals surface area contributed by atoms with Crippen LogP contribution in [0.25, 0.3) is 0 Å². The quantitative estimate of drug-likeness (QED) is 0.748. The maximum absolute atomic E-state index is 12.7. The van der Waals surface area contributed by atoms with Gasteiger partial charge in [-0.1, -0.05) is 31.5 Å². The standard InChI is InChI=1S/C21H29N3O3/c1-14(2)19(23-20(25)16-9-6-8-15(3)12-16)21(26)22-13-17(24(4)5)18-10-7-11-27-18/h6-12,14,17,19H,13H2,1-5H3,(H,22,26)(H,23,25). The lowest BCUT2D eigenvalue weighted by molar-refractivity contribution is -0.124. The van der Waals surface area contributed by atoms with Gasteiger partial charge >= 0.3 is 0 Å². The van der Waals surface area contributed by atoms with E-state index >= 15 is 0 Å². The lowest BCUT2D eigenvalue weighted by atomic mass is 10.0. The fraction of sp³-hybridized carbons (Fsp3) is 0.429. The Kier molecular flexibility index (Phi) is 7.19. The SMILES string of the molecule is Cc1cccc(C(=O)NC(C(=O)NCC(c2ccco2)N(C)C)C(C)C)c1. The largest absolute Gasteiger partial charge is 0.468 e. The molecule has 2 unspecified atom stereocenters. The van der Waals surface area contributed by atoms with Crippen molar-refractivity contribution in [2.75, 3.05) is 20.6 Å². The number of amides is 2. The fourth-order valence-corrected chi connectivity index (χ4v) is 2.87. The Morgan fingerprint density at radius 3 is 2.44 bits per heavy atom. The van der Waals surface area contributed by atoms with E-state index in [0.717, 1.165) is 11.3 Å². The normalized spacial score (nSPS) is 13.4. The number of nitrogens with one attached hydrogen (secondary N) is 2. The zero-order valence-corrected chi connectivity index (χ0v) is 16.7. The Morgan fingerprint density at radius 2 is 1.89 bits per heavy atom. The van der Waals surface area contributed by atoms with E-state index in [1.807, 2.05) is 70.1 Å². The molecule has 0 aliphatic heterocycles. The van der Waals surface area contributed by atoms with Crippen molar-refractivity contribution in [2.45, 2.75) is 32.9 Å². The number of benzene rings is 1. The predicted octanol–water partition coefficient (Wildman–Crippen LogP) is 2.76. The van der Waals surface area contributed by atoms with Gasteiger partial charge in [0.15, 0.2) is 0 Å². The molecular weight excluding hydrogens is 342 g/mol. The van der Waals surface area contributed by atoms with Crippen LogP contribution in [0.1, 0.15) is 41.6 Å². The zero-order valence-electron chi connectivity index (χ0n) is 16.7. The van der Waals surface area contributed by atoms with Gasteiger partial charge in [0.1, 0.15) is 11.8 Å². The van der Waals surface area contributed by atoms with E-state index in [1.165, 1.54) is 0 Å². The first-order chi connectivity index (χ1) is 12.8. The van der Waals surface area contributed by atoms with Gasteiger partial charge in [-0.15, -0.1) is 0 Å². The van der Waals surface area contributed by atoms with Gasteiger partial charge in [-0.25, -0.2) is 0 Å². The molecule has 2 N–H and O–H groups in total. The van der Waals surface area contributed by atoms with E-state index in [2.05, 4.69) is 10.6 Å². The summed E-state index contributed by atoms with van der Waals surface area (Å²) in [7, 11) is 3.86. The molecule has 2 aromatic rings. The lowest BCUT2D eigenvalue weighted by Gasteiger charge is -2.26. The molecule has 0 aliphatic rings. The van der Waals surface area contributed by atoms with Gasteiger partial charge in [0.25, 0.3) is 5.91 Å². The first-order valence-corrected chi connectivity index (χ1v) is 9.14. The van der Waals surface area contributed by atoms with Gasteiger partial charge in [-0.3, -0.25) is 14.5 Å². The first-order valence-electron chi connectivity index (χ1n) is 9.14. The van der Waals surface area contributed by atoms with Crippen molar-refractivity contribution in [3.63, 3.8) is 0 Å². The van der Waals surface area contributed by atoms with E-state index in [-0.39, 0.29) is 23.8 Å². The van der Waals surface area contributed by atoms with Crippen LogP contribution in [0.5, 0.6) is 0 Å². The maximum atomic E-state index is 12.7. The number of likely N-dealkylation sites (N-methyl/N-ethyl adjacent to an activating group) is 1. The summed E-state index contributed by atoms with van der Waals surface area (Å²) in [5.74, 6) is 0.289. The summed E-state index contributed by atoms with van der Waals surface area (Å²) in [6.07, 6.45) is 1.62. The molecule has 0 saturated heterocycles. The Hall–Kier alpha value is -2.60. The van der Waals surface area contributed by atoms with Crippen LogP contribution in [0.3, 0.4) is 0 Å². The van der Waals surface area contributed by atoms with Crippen molar-refractivity contribution in [3.05, 3.63) is 59.5 Å². The topological polar surface area (TPSA) is 74.6 Å². The van der Waals surface area contributed by atoms with Gasteiger partial charge in [0.05, 0.1) is 12.3 Å². The molecule has 6 heteroatoms. The summed E-state index contributed by atoms with van der Waals surface area (Å²) in [6.45, 7) is 6.15. The lowest BCUT2D eigenvalue weighted by Crippen LogP contribution is -2.51. The number of furan rings is 1. The molecule has 2 atom stereocenters. The predicted molar refractivity (Wildman–Crippen MR) is 105 cm³/mol. The van der Waals surface area contributed by atoms with Crippen LogP contribution in [0.4, 0.5) is 0 Å². The van der Waals surface area contributed by atoms with Crippen LogP contribution in [0.15, 0.2) is 47.1 Å². The minimum Gasteiger partial charge on any atom is -0.468 e. The van der Waals surface area contributed by atoms with Crippen molar-refractivity contribution < 1.29 is 14.0 Å². The highest BCUT2D eigenvalue weighted by molar-refractivity contribution is 5.97. The third kappa shape index (κ3) is 5.69. The van der Waals surface area contributed by atoms with Crippen LogP contribution in [0, 0.1) is 12.8 Å². The van der Waals surface area contributed by atoms with Crippen molar-refractivity contribution in [1.29, 1.82) is 0 Å². The van der Waals surface area contributed by atoms with E-state index < -0.39 is 6.04 Å². The van der Waals surface area contributed by atoms with Crippen molar-refractivity contribution in [3.8, 4) is 0 Å². The molecule has 146 valence electrons. The van der Waals surface area contributed by atoms with Gasteiger partial charge in [0.2, 0.25) is 5.91 Å². The smallest absolute Gasteiger partial charge is 0.251 e. The minimum atomic E-state index is -0.613. The van der Waals surface area contributed by atoms with Crippen LogP contribution in [0.2, 0.25) is 0 Å². The van der Waals surface area contributed by atoms with Gasteiger partial charge in [-0.05, 0) is 51.2 Å². The highest BCUT2D eigenvalue weighted by Crippen LogP contribution is 2.17. The molecule has 0 saturated carbocycles. The molecule has 1 heterocycles. The number of hydrogen-bond acceptors (Lipinski definition) is 4. The first kappa shape index (κ1) is 20.7. The Bertz CT molecular complexity index is 754. The van der Waals surface area contributed by atoms with Crippen LogP contribution in [-0.2, 0) is 4.79 Å². The maximum Gasteiger partial charge on any atom is 0.251 e. The van der Waals surface area contributed by atoms with Gasteiger partial charge in [-0.2, -0.15) is 0 Å². The number of carbonyl (C=O) groups excluding carboxylic acids is 2. The van der Waals surface area contributed by atoms with E-state index in [0.29, 0.717) is 12.1 Å². The summed E-state index contributed by atoms with van der Waals surface area (Å²) in [6, 6.07) is 10.3. The number of rotatable bonds is 8. The second-order valence-corrected chi connectivity index (χ2v) is 7.30. The minimum absolute atomic E-state index is 0.0415. The van der Waals surface area contributed by atoms with E-state index in [1.54, 1.807) is 12.3 Å². The van der Waals surface area contributed by atoms with E-state index in [9.17, 15) is 9.59 Å². The van der Waals surface area contributed by atoms with Crippen molar-refractivity contribution in [2.24, 2.45) is 5.92 Å². The second kappa shape index (κ2) is 9.37. The summed E-state index contributed by atoms with van der Waals surface area (Å²) in [4.78, 5) is 27.3. The number of carbonyl (C=O) groups is 2. The molecule has 6 nitrogen and oxygen atoms in total. The highest BCUT2D eigenvalue weighted by atomic mass is 16.3. The molecule has 0 aliphatic carbocycles. The molecule has 1 aromatic carbocycles. The van der Waals surface area contributed by atoms with Crippen LogP contribution in [-0.4, -0.2) is 43.4 Å². The molecule has 1 aromatic heterocycles. The van der Waals surface area contributed by atoms with Crippen molar-refractivity contribution >= 4 is 11.8 Å². The summed E-state index contributed by atoms with van der Waals surface area (Å²) in [5, 5.41) is 5.81. The third-order valence-electron chi connectivity index (χ3n) is 4.48. The van der Waals surface area contributed by atoms with Gasteiger partial charge < -0.3 is 15.1 Å². The summed E-state index contributed by atoms with van der Waals surface area (Å²) >= 11 is 0. The fourth-order valence-electron chi connectivity index (χ4n) is 2.87. The molecule has 0 radical (unpaired) electrons. The second-order valence-electron chi connectivity index (χ2n) is 7.30. The Labute approximate surface area is 160 Å². The van der Waals surface area contributed by atoms with Crippen LogP contribution >= 0.6 is 0 Å². The molecule has 2 amide bonds. The molecule has 0 spiro atoms. The molecule has 0 fully saturated rings. The molecule has 2 rings (SSSR count). The Balaban J connectivity index is 2.03. The van der Waals surface area contributed by atoms with Crippen molar-refractivity contribution in [1.82, 2.24) is 15.5 Å². The molecular formula is C21H29N3O3. The molecule has 0 bridgehead atoms. The monoisotopic (exact) mass is 371 g/mol. The zero-order chi connectivity index (χ0) is 20.0. The average Bonchev–Trinajstić information content (AvgIpc) is 3.13. The highest BCUT2D eigenvalue weighted by Gasteiger charge is 2.26. The number of aryl methyl sites for hydroxylation is 1. The summed E-state index contributed by atoms with van der Waals surface area (Å²) < 4.78 is 5.47. The average molecular weight is 371 g/mol. The summed E-state index contributed by atoms with van der Waals surface area (Å²) in [5.41, 5.74) is 1.55. The van der Waals surface area contributed by atoms with Gasteiger partial charge in [0, 0.05) is 12.1 Å². The van der Waals surface area contributed by atoms with E-state index in [4.69, 9.17) is 4.42 Å². The number of nitrogens with zero attached hydrogens (tertiary/aromatic N) is 1. The number of hydrogen-bond donors (Lipinski definition) is 2. The third-order valence-corrected chi connectivity index (χ3v) is 4.48. The molecule has 27 heavy (non-hydrogen) atoms. The Morgan fingerprint density at radius 1 is 1.15 bits per heavy atom. The van der Waals surface area contributed by atoms with Crippen LogP contribution < -0.4 is 10.6 Å².